The van der Waals surface area contributed by atoms with Gasteiger partial charge < -0.3 is 10.5 Å². The molecule has 0 aromatic carbocycles. The van der Waals surface area contributed by atoms with Crippen LogP contribution in [0.25, 0.3) is 0 Å². The fourth-order valence-corrected chi connectivity index (χ4v) is 3.29. The minimum absolute atomic E-state index is 0.129. The molecule has 2 rings (SSSR count). The first-order chi connectivity index (χ1) is 7.69. The summed E-state index contributed by atoms with van der Waals surface area (Å²) in [5, 5.41) is 0. The lowest BCUT2D eigenvalue weighted by molar-refractivity contribution is 0.0156. The highest BCUT2D eigenvalue weighted by molar-refractivity contribution is 5.01. The molecular formula is C13H26N2O. The second-order valence-corrected chi connectivity index (χ2v) is 5.59. The van der Waals surface area contributed by atoms with Crippen LogP contribution < -0.4 is 5.73 Å². The number of nitrogens with zero attached hydrogens (tertiary/aromatic N) is 1. The molecule has 0 radical (unpaired) electrons. The predicted octanol–water partition coefficient (Wildman–Crippen LogP) is 1.61. The Morgan fingerprint density at radius 3 is 2.75 bits per heavy atom. The zero-order chi connectivity index (χ0) is 11.6. The van der Waals surface area contributed by atoms with Gasteiger partial charge in [-0.05, 0) is 51.6 Å². The summed E-state index contributed by atoms with van der Waals surface area (Å²) in [6.45, 7) is 8.58. The van der Waals surface area contributed by atoms with Gasteiger partial charge in [0, 0.05) is 13.2 Å². The largest absolute Gasteiger partial charge is 0.376 e. The maximum Gasteiger partial charge on any atom is 0.0743 e. The van der Waals surface area contributed by atoms with Gasteiger partial charge in [0.15, 0.2) is 0 Å². The molecular weight excluding hydrogens is 200 g/mol. The smallest absolute Gasteiger partial charge is 0.0743 e. The lowest BCUT2D eigenvalue weighted by Crippen LogP contribution is -2.58. The van der Waals surface area contributed by atoms with E-state index in [4.69, 9.17) is 10.5 Å². The monoisotopic (exact) mass is 226 g/mol. The van der Waals surface area contributed by atoms with Crippen LogP contribution in [0.3, 0.4) is 0 Å². The van der Waals surface area contributed by atoms with Crippen LogP contribution in [0.15, 0.2) is 0 Å². The Labute approximate surface area is 99.3 Å². The molecule has 2 saturated heterocycles. The fourth-order valence-electron chi connectivity index (χ4n) is 3.29. The Kier molecular flexibility index (Phi) is 3.88. The highest BCUT2D eigenvalue weighted by atomic mass is 16.5. The first kappa shape index (κ1) is 12.3. The van der Waals surface area contributed by atoms with Crippen LogP contribution in [-0.4, -0.2) is 42.8 Å². The van der Waals surface area contributed by atoms with Crippen molar-refractivity contribution in [1.82, 2.24) is 4.90 Å². The first-order valence-electron chi connectivity index (χ1n) is 6.76. The van der Waals surface area contributed by atoms with Crippen molar-refractivity contribution in [2.45, 2.75) is 51.2 Å². The van der Waals surface area contributed by atoms with Crippen molar-refractivity contribution in [1.29, 1.82) is 0 Å². The zero-order valence-corrected chi connectivity index (χ0v) is 10.7. The van der Waals surface area contributed by atoms with Crippen LogP contribution in [-0.2, 0) is 4.74 Å². The van der Waals surface area contributed by atoms with Gasteiger partial charge in [0.2, 0.25) is 0 Å². The Bertz CT molecular complexity index is 234. The summed E-state index contributed by atoms with van der Waals surface area (Å²) in [6.07, 6.45) is 5.40. The van der Waals surface area contributed by atoms with Gasteiger partial charge in [-0.1, -0.05) is 6.92 Å². The van der Waals surface area contributed by atoms with Crippen LogP contribution in [0.5, 0.6) is 0 Å². The molecule has 0 aromatic heterocycles. The molecule has 0 saturated carbocycles. The maximum absolute atomic E-state index is 6.05. The molecule has 3 heteroatoms. The van der Waals surface area contributed by atoms with E-state index in [1.54, 1.807) is 0 Å². The second-order valence-electron chi connectivity index (χ2n) is 5.59. The van der Waals surface area contributed by atoms with Gasteiger partial charge in [-0.25, -0.2) is 0 Å². The van der Waals surface area contributed by atoms with Crippen molar-refractivity contribution in [2.75, 3.05) is 26.2 Å². The SMILES string of the molecule is CC1CCCN(C2(CN)CCOC2C)CC1. The van der Waals surface area contributed by atoms with Crippen molar-refractivity contribution >= 4 is 0 Å². The summed E-state index contributed by atoms with van der Waals surface area (Å²) < 4.78 is 5.76. The number of rotatable bonds is 2. The third-order valence-electron chi connectivity index (χ3n) is 4.66. The minimum Gasteiger partial charge on any atom is -0.376 e. The van der Waals surface area contributed by atoms with Gasteiger partial charge in [0.25, 0.3) is 0 Å². The molecule has 94 valence electrons. The van der Waals surface area contributed by atoms with E-state index in [9.17, 15) is 0 Å². The number of nitrogens with two attached hydrogens (primary N) is 1. The van der Waals surface area contributed by atoms with E-state index in [0.717, 1.165) is 25.5 Å². The van der Waals surface area contributed by atoms with Crippen LogP contribution in [0.2, 0.25) is 0 Å². The Morgan fingerprint density at radius 1 is 1.31 bits per heavy atom. The standard InChI is InChI=1S/C13H26N2O/c1-11-4-3-7-15(8-5-11)13(10-14)6-9-16-12(13)2/h11-12H,3-10,14H2,1-2H3. The van der Waals surface area contributed by atoms with E-state index in [-0.39, 0.29) is 5.54 Å². The Hall–Kier alpha value is -0.120. The van der Waals surface area contributed by atoms with Crippen LogP contribution in [0.1, 0.15) is 39.5 Å². The van der Waals surface area contributed by atoms with Crippen LogP contribution in [0, 0.1) is 5.92 Å². The number of hydrogen-bond acceptors (Lipinski definition) is 3. The molecule has 0 bridgehead atoms. The van der Waals surface area contributed by atoms with Crippen molar-refractivity contribution in [3.05, 3.63) is 0 Å². The van der Waals surface area contributed by atoms with Crippen molar-refractivity contribution in [2.24, 2.45) is 11.7 Å². The van der Waals surface area contributed by atoms with Crippen LogP contribution in [0.4, 0.5) is 0 Å². The minimum atomic E-state index is 0.129. The van der Waals surface area contributed by atoms with E-state index in [0.29, 0.717) is 6.10 Å². The molecule has 3 atom stereocenters. The van der Waals surface area contributed by atoms with E-state index < -0.39 is 0 Å². The molecule has 0 spiro atoms. The van der Waals surface area contributed by atoms with Crippen molar-refractivity contribution < 1.29 is 4.74 Å². The summed E-state index contributed by atoms with van der Waals surface area (Å²) in [5.41, 5.74) is 6.18. The van der Waals surface area contributed by atoms with Crippen molar-refractivity contribution in [3.8, 4) is 0 Å². The highest BCUT2D eigenvalue weighted by Crippen LogP contribution is 2.33. The predicted molar refractivity (Wildman–Crippen MR) is 66.4 cm³/mol. The van der Waals surface area contributed by atoms with Gasteiger partial charge in [0.05, 0.1) is 11.6 Å². The molecule has 0 aromatic rings. The average molecular weight is 226 g/mol. The Morgan fingerprint density at radius 2 is 2.12 bits per heavy atom. The average Bonchev–Trinajstić information content (AvgIpc) is 2.51. The molecule has 2 aliphatic rings. The summed E-state index contributed by atoms with van der Waals surface area (Å²) >= 11 is 0. The first-order valence-corrected chi connectivity index (χ1v) is 6.76. The molecule has 2 N–H and O–H groups in total. The van der Waals surface area contributed by atoms with Gasteiger partial charge in [-0.3, -0.25) is 4.90 Å². The summed E-state index contributed by atoms with van der Waals surface area (Å²) in [5.74, 6) is 0.873. The van der Waals surface area contributed by atoms with Crippen molar-refractivity contribution in [3.63, 3.8) is 0 Å². The zero-order valence-electron chi connectivity index (χ0n) is 10.7. The van der Waals surface area contributed by atoms with Crippen LogP contribution >= 0.6 is 0 Å². The Balaban J connectivity index is 2.08. The normalized spacial score (nSPS) is 42.2. The summed E-state index contributed by atoms with van der Waals surface area (Å²) in [6, 6.07) is 0. The molecule has 0 amide bonds. The fraction of sp³-hybridized carbons (Fsp3) is 1.00. The molecule has 16 heavy (non-hydrogen) atoms. The van der Waals surface area contributed by atoms with Gasteiger partial charge in [-0.2, -0.15) is 0 Å². The third kappa shape index (κ3) is 2.13. The molecule has 2 fully saturated rings. The molecule has 2 aliphatic heterocycles. The molecule has 2 heterocycles. The highest BCUT2D eigenvalue weighted by Gasteiger charge is 2.45. The molecule has 3 nitrogen and oxygen atoms in total. The molecule has 3 unspecified atom stereocenters. The second kappa shape index (κ2) is 5.03. The summed E-state index contributed by atoms with van der Waals surface area (Å²) in [7, 11) is 0. The van der Waals surface area contributed by atoms with E-state index >= 15 is 0 Å². The third-order valence-corrected chi connectivity index (χ3v) is 4.66. The lowest BCUT2D eigenvalue weighted by Gasteiger charge is -2.42. The van der Waals surface area contributed by atoms with E-state index in [2.05, 4.69) is 18.7 Å². The van der Waals surface area contributed by atoms with Gasteiger partial charge in [-0.15, -0.1) is 0 Å². The number of likely N-dealkylation sites (tertiary alicyclic amines) is 1. The molecule has 0 aliphatic carbocycles. The maximum atomic E-state index is 6.05. The quantitative estimate of drug-likeness (QED) is 0.777. The topological polar surface area (TPSA) is 38.5 Å². The van der Waals surface area contributed by atoms with Gasteiger partial charge in [0.1, 0.15) is 0 Å². The van der Waals surface area contributed by atoms with E-state index in [1.165, 1.54) is 32.4 Å². The number of ether oxygens (including phenoxy) is 1. The van der Waals surface area contributed by atoms with Gasteiger partial charge >= 0.3 is 0 Å². The number of hydrogen-bond donors (Lipinski definition) is 1. The summed E-state index contributed by atoms with van der Waals surface area (Å²) in [4.78, 5) is 2.62. The van der Waals surface area contributed by atoms with E-state index in [1.807, 2.05) is 0 Å². The lowest BCUT2D eigenvalue weighted by atomic mass is 9.89.